The first kappa shape index (κ1) is 28.2. The molecule has 0 aromatic heterocycles. The standard InChI is InChI=1S/C26H34N4O6/c1-5-30(24(34)20(15-21(27)32)29-25(35)36-26(2,3)4)22(18-12-9-13-19(31)14-18)23(33)28-16-17-10-7-6-8-11-17/h6-14,20,22,31H,5,15-16H2,1-4H3,(H2,27,32)(H,28,33)(H,29,35). The highest BCUT2D eigenvalue weighted by atomic mass is 16.6. The molecule has 10 nitrogen and oxygen atoms in total. The minimum Gasteiger partial charge on any atom is -0.508 e. The number of nitrogens with zero attached hydrogens (tertiary/aromatic N) is 1. The maximum Gasteiger partial charge on any atom is 0.408 e. The molecule has 4 amide bonds. The lowest BCUT2D eigenvalue weighted by molar-refractivity contribution is -0.143. The lowest BCUT2D eigenvalue weighted by atomic mass is 10.0. The summed E-state index contributed by atoms with van der Waals surface area (Å²) in [5.41, 5.74) is 5.71. The summed E-state index contributed by atoms with van der Waals surface area (Å²) in [6.45, 7) is 6.90. The second-order valence-electron chi connectivity index (χ2n) is 9.19. The molecule has 2 atom stereocenters. The Bertz CT molecular complexity index is 1070. The van der Waals surface area contributed by atoms with E-state index in [4.69, 9.17) is 10.5 Å². The number of amides is 4. The van der Waals surface area contributed by atoms with Crippen LogP contribution in [-0.2, 0) is 25.7 Å². The molecule has 0 heterocycles. The van der Waals surface area contributed by atoms with Gasteiger partial charge >= 0.3 is 6.09 Å². The zero-order valence-corrected chi connectivity index (χ0v) is 21.0. The minimum atomic E-state index is -1.36. The summed E-state index contributed by atoms with van der Waals surface area (Å²) in [6.07, 6.45) is -1.40. The van der Waals surface area contributed by atoms with Crippen molar-refractivity contribution >= 4 is 23.8 Å². The van der Waals surface area contributed by atoms with Gasteiger partial charge in [0.2, 0.25) is 17.7 Å². The first-order valence-corrected chi connectivity index (χ1v) is 11.6. The third kappa shape index (κ3) is 8.61. The molecule has 0 aliphatic rings. The normalized spacial score (nSPS) is 12.7. The van der Waals surface area contributed by atoms with Crippen LogP contribution in [0.1, 0.15) is 51.3 Å². The predicted molar refractivity (Wildman–Crippen MR) is 133 cm³/mol. The van der Waals surface area contributed by atoms with E-state index in [1.54, 1.807) is 39.8 Å². The average molecular weight is 499 g/mol. The van der Waals surface area contributed by atoms with E-state index < -0.39 is 47.9 Å². The molecule has 0 saturated carbocycles. The number of aromatic hydroxyl groups is 1. The maximum atomic E-state index is 13.6. The van der Waals surface area contributed by atoms with Crippen LogP contribution < -0.4 is 16.4 Å². The highest BCUT2D eigenvalue weighted by molar-refractivity contribution is 5.94. The number of nitrogens with one attached hydrogen (secondary N) is 2. The molecule has 0 fully saturated rings. The largest absolute Gasteiger partial charge is 0.508 e. The van der Waals surface area contributed by atoms with Gasteiger partial charge in [0.1, 0.15) is 23.4 Å². The fourth-order valence-electron chi connectivity index (χ4n) is 3.57. The van der Waals surface area contributed by atoms with Gasteiger partial charge in [-0.25, -0.2) is 4.79 Å². The molecular formula is C26H34N4O6. The van der Waals surface area contributed by atoms with E-state index in [9.17, 15) is 24.3 Å². The molecule has 0 aliphatic heterocycles. The van der Waals surface area contributed by atoms with Crippen LogP contribution in [0, 0.1) is 0 Å². The Hall–Kier alpha value is -4.08. The molecule has 0 saturated heterocycles. The molecule has 5 N–H and O–H groups in total. The van der Waals surface area contributed by atoms with Crippen LogP contribution in [0.5, 0.6) is 5.75 Å². The third-order valence-corrected chi connectivity index (χ3v) is 5.07. The van der Waals surface area contributed by atoms with Gasteiger partial charge in [-0.2, -0.15) is 0 Å². The van der Waals surface area contributed by atoms with Crippen molar-refractivity contribution in [1.29, 1.82) is 0 Å². The molecule has 0 aliphatic carbocycles. The van der Waals surface area contributed by atoms with Gasteiger partial charge in [-0.1, -0.05) is 42.5 Å². The van der Waals surface area contributed by atoms with Crippen LogP contribution in [0.15, 0.2) is 54.6 Å². The van der Waals surface area contributed by atoms with Gasteiger partial charge in [-0.3, -0.25) is 14.4 Å². The molecule has 10 heteroatoms. The molecule has 2 aromatic carbocycles. The Morgan fingerprint density at radius 2 is 1.72 bits per heavy atom. The Morgan fingerprint density at radius 1 is 1.06 bits per heavy atom. The number of phenols is 1. The summed E-state index contributed by atoms with van der Waals surface area (Å²) in [5.74, 6) is -2.11. The summed E-state index contributed by atoms with van der Waals surface area (Å²) in [4.78, 5) is 52.3. The van der Waals surface area contributed by atoms with Crippen molar-refractivity contribution in [1.82, 2.24) is 15.5 Å². The fraction of sp³-hybridized carbons (Fsp3) is 0.385. The van der Waals surface area contributed by atoms with Crippen molar-refractivity contribution in [2.75, 3.05) is 6.54 Å². The van der Waals surface area contributed by atoms with Crippen LogP contribution in [-0.4, -0.2) is 52.0 Å². The van der Waals surface area contributed by atoms with Gasteiger partial charge < -0.3 is 31.1 Å². The van der Waals surface area contributed by atoms with Crippen molar-refractivity contribution in [2.45, 2.75) is 58.3 Å². The number of alkyl carbamates (subject to hydrolysis) is 1. The van der Waals surface area contributed by atoms with E-state index in [-0.39, 0.29) is 18.8 Å². The topological polar surface area (TPSA) is 151 Å². The zero-order chi connectivity index (χ0) is 26.9. The quantitative estimate of drug-likeness (QED) is 0.395. The molecule has 0 spiro atoms. The van der Waals surface area contributed by atoms with Crippen LogP contribution in [0.25, 0.3) is 0 Å². The van der Waals surface area contributed by atoms with Gasteiger partial charge in [0, 0.05) is 13.1 Å². The number of likely N-dealkylation sites (N-methyl/N-ethyl adjacent to an activating group) is 1. The lowest BCUT2D eigenvalue weighted by Crippen LogP contribution is -2.54. The van der Waals surface area contributed by atoms with E-state index in [0.717, 1.165) is 5.56 Å². The predicted octanol–water partition coefficient (Wildman–Crippen LogP) is 2.37. The second kappa shape index (κ2) is 12.6. The van der Waals surface area contributed by atoms with Crippen LogP contribution in [0.2, 0.25) is 0 Å². The monoisotopic (exact) mass is 498 g/mol. The summed E-state index contributed by atoms with van der Waals surface area (Å²) >= 11 is 0. The molecule has 2 rings (SSSR count). The van der Waals surface area contributed by atoms with Crippen molar-refractivity contribution in [2.24, 2.45) is 5.73 Å². The maximum absolute atomic E-state index is 13.6. The Kier molecular flexibility index (Phi) is 9.83. The van der Waals surface area contributed by atoms with Crippen molar-refractivity contribution < 1.29 is 29.0 Å². The number of hydrogen-bond donors (Lipinski definition) is 4. The van der Waals surface area contributed by atoms with Crippen LogP contribution >= 0.6 is 0 Å². The summed E-state index contributed by atoms with van der Waals surface area (Å²) in [7, 11) is 0. The highest BCUT2D eigenvalue weighted by Gasteiger charge is 2.36. The number of rotatable bonds is 10. The van der Waals surface area contributed by atoms with Crippen molar-refractivity contribution in [3.05, 3.63) is 65.7 Å². The number of phenolic OH excluding ortho intramolecular Hbond substituents is 1. The zero-order valence-electron chi connectivity index (χ0n) is 21.0. The number of hydrogen-bond acceptors (Lipinski definition) is 6. The molecule has 194 valence electrons. The number of primary amides is 1. The highest BCUT2D eigenvalue weighted by Crippen LogP contribution is 2.26. The number of benzene rings is 2. The van der Waals surface area contributed by atoms with E-state index in [1.807, 2.05) is 30.3 Å². The van der Waals surface area contributed by atoms with Gasteiger partial charge in [0.25, 0.3) is 0 Å². The molecular weight excluding hydrogens is 464 g/mol. The average Bonchev–Trinajstić information content (AvgIpc) is 2.79. The second-order valence-corrected chi connectivity index (χ2v) is 9.19. The van der Waals surface area contributed by atoms with Gasteiger partial charge in [-0.05, 0) is 51.0 Å². The Labute approximate surface area is 210 Å². The van der Waals surface area contributed by atoms with E-state index in [0.29, 0.717) is 5.56 Å². The van der Waals surface area contributed by atoms with Gasteiger partial charge in [-0.15, -0.1) is 0 Å². The number of nitrogens with two attached hydrogens (primary N) is 1. The van der Waals surface area contributed by atoms with E-state index in [2.05, 4.69) is 10.6 Å². The molecule has 0 bridgehead atoms. The van der Waals surface area contributed by atoms with Crippen LogP contribution in [0.3, 0.4) is 0 Å². The number of carbonyl (C=O) groups excluding carboxylic acids is 4. The smallest absolute Gasteiger partial charge is 0.408 e. The minimum absolute atomic E-state index is 0.0587. The van der Waals surface area contributed by atoms with Crippen LogP contribution in [0.4, 0.5) is 4.79 Å². The van der Waals surface area contributed by atoms with E-state index >= 15 is 0 Å². The fourth-order valence-corrected chi connectivity index (χ4v) is 3.57. The van der Waals surface area contributed by atoms with Crippen molar-refractivity contribution in [3.63, 3.8) is 0 Å². The summed E-state index contributed by atoms with van der Waals surface area (Å²) in [6, 6.07) is 12.7. The Balaban J connectivity index is 2.38. The van der Waals surface area contributed by atoms with Gasteiger partial charge in [0.05, 0.1) is 6.42 Å². The van der Waals surface area contributed by atoms with E-state index in [1.165, 1.54) is 17.0 Å². The first-order chi connectivity index (χ1) is 16.9. The first-order valence-electron chi connectivity index (χ1n) is 11.6. The Morgan fingerprint density at radius 3 is 2.28 bits per heavy atom. The molecule has 0 radical (unpaired) electrons. The molecule has 2 unspecified atom stereocenters. The SMILES string of the molecule is CCN(C(=O)C(CC(N)=O)NC(=O)OC(C)(C)C)C(C(=O)NCc1ccccc1)c1cccc(O)c1. The molecule has 36 heavy (non-hydrogen) atoms. The molecule has 2 aromatic rings. The summed E-state index contributed by atoms with van der Waals surface area (Å²) < 4.78 is 5.22. The number of ether oxygens (including phenoxy) is 1. The summed E-state index contributed by atoms with van der Waals surface area (Å²) in [5, 5.41) is 15.2. The van der Waals surface area contributed by atoms with Gasteiger partial charge in [0.15, 0.2) is 0 Å². The van der Waals surface area contributed by atoms with Crippen molar-refractivity contribution in [3.8, 4) is 5.75 Å². The third-order valence-electron chi connectivity index (χ3n) is 5.07. The lowest BCUT2D eigenvalue weighted by Gasteiger charge is -2.33. The number of carbonyl (C=O) groups is 4.